The van der Waals surface area contributed by atoms with E-state index in [0.29, 0.717) is 0 Å². The molecule has 4 aliphatic heterocycles. The smallest absolute Gasteiger partial charge is 0.00957 e. The Kier molecular flexibility index (Phi) is 8.29. The highest BCUT2D eigenvalue weighted by Gasteiger charge is 2.44. The highest BCUT2D eigenvalue weighted by molar-refractivity contribution is 4.96. The van der Waals surface area contributed by atoms with Gasteiger partial charge in [-0.05, 0) is 133 Å². The van der Waals surface area contributed by atoms with Crippen LogP contribution in [0, 0.1) is 29.6 Å². The Morgan fingerprint density at radius 3 is 2.10 bits per heavy atom. The SMILES string of the molecule is C1CC2CCC3CNCC(C1)C23.C1CCC2NCCCC2C1.C1CCN2CCCC2C1. The van der Waals surface area contributed by atoms with Gasteiger partial charge in [0.2, 0.25) is 0 Å². The van der Waals surface area contributed by atoms with Crippen molar-refractivity contribution in [3.8, 4) is 0 Å². The monoisotopic (exact) mass is 429 g/mol. The van der Waals surface area contributed by atoms with Crippen LogP contribution in [0.25, 0.3) is 0 Å². The number of hydrogen-bond donors (Lipinski definition) is 2. The van der Waals surface area contributed by atoms with Gasteiger partial charge in [-0.3, -0.25) is 0 Å². The molecule has 4 saturated heterocycles. The van der Waals surface area contributed by atoms with E-state index in [-0.39, 0.29) is 0 Å². The zero-order valence-corrected chi connectivity index (χ0v) is 20.3. The summed E-state index contributed by atoms with van der Waals surface area (Å²) >= 11 is 0. The Balaban J connectivity index is 0.000000100. The summed E-state index contributed by atoms with van der Waals surface area (Å²) in [7, 11) is 0. The van der Waals surface area contributed by atoms with Gasteiger partial charge in [0.05, 0.1) is 0 Å². The van der Waals surface area contributed by atoms with Crippen LogP contribution in [-0.2, 0) is 0 Å². The number of piperidine rings is 3. The zero-order valence-electron chi connectivity index (χ0n) is 20.3. The van der Waals surface area contributed by atoms with Crippen LogP contribution in [0.4, 0.5) is 0 Å². The molecule has 3 nitrogen and oxygen atoms in total. The lowest BCUT2D eigenvalue weighted by molar-refractivity contribution is 0.108. The van der Waals surface area contributed by atoms with Crippen LogP contribution >= 0.6 is 0 Å². The summed E-state index contributed by atoms with van der Waals surface area (Å²) in [4.78, 5) is 2.67. The van der Waals surface area contributed by atoms with Crippen LogP contribution in [0.2, 0.25) is 0 Å². The third kappa shape index (κ3) is 5.69. The van der Waals surface area contributed by atoms with E-state index in [0.717, 1.165) is 41.7 Å². The van der Waals surface area contributed by atoms with Gasteiger partial charge < -0.3 is 15.5 Å². The molecule has 0 aromatic carbocycles. The van der Waals surface area contributed by atoms with Crippen LogP contribution in [-0.4, -0.2) is 49.7 Å². The van der Waals surface area contributed by atoms with E-state index in [2.05, 4.69) is 15.5 Å². The molecule has 7 rings (SSSR count). The largest absolute Gasteiger partial charge is 0.316 e. The predicted molar refractivity (Wildman–Crippen MR) is 131 cm³/mol. The highest BCUT2D eigenvalue weighted by Crippen LogP contribution is 2.49. The van der Waals surface area contributed by atoms with E-state index in [9.17, 15) is 0 Å². The molecule has 178 valence electrons. The van der Waals surface area contributed by atoms with Gasteiger partial charge in [-0.15, -0.1) is 0 Å². The van der Waals surface area contributed by atoms with Crippen molar-refractivity contribution >= 4 is 0 Å². The maximum absolute atomic E-state index is 3.62. The van der Waals surface area contributed by atoms with Crippen LogP contribution in [0.1, 0.15) is 103 Å². The maximum Gasteiger partial charge on any atom is 0.00957 e. The molecule has 7 atom stereocenters. The number of rotatable bonds is 0. The minimum Gasteiger partial charge on any atom is -0.316 e. The van der Waals surface area contributed by atoms with E-state index in [1.54, 1.807) is 12.8 Å². The number of nitrogens with zero attached hydrogens (tertiary/aromatic N) is 1. The fourth-order valence-electron chi connectivity index (χ4n) is 8.75. The molecule has 7 aliphatic rings. The zero-order chi connectivity index (χ0) is 20.9. The summed E-state index contributed by atoms with van der Waals surface area (Å²) in [5, 5.41) is 7.23. The van der Waals surface area contributed by atoms with Gasteiger partial charge >= 0.3 is 0 Å². The molecule has 4 heterocycles. The van der Waals surface area contributed by atoms with Crippen molar-refractivity contribution in [3.63, 3.8) is 0 Å². The minimum atomic E-state index is 0.905. The Labute approximate surface area is 192 Å². The van der Waals surface area contributed by atoms with Crippen LogP contribution in [0.15, 0.2) is 0 Å². The lowest BCUT2D eigenvalue weighted by Crippen LogP contribution is -2.44. The molecule has 3 heteroatoms. The molecule has 31 heavy (non-hydrogen) atoms. The molecular weight excluding hydrogens is 378 g/mol. The first-order valence-electron chi connectivity index (χ1n) is 14.6. The van der Waals surface area contributed by atoms with Crippen LogP contribution < -0.4 is 10.6 Å². The van der Waals surface area contributed by atoms with Crippen molar-refractivity contribution < 1.29 is 0 Å². The molecule has 0 aromatic rings. The predicted octanol–water partition coefficient (Wildman–Crippen LogP) is 5.60. The molecule has 0 bridgehead atoms. The summed E-state index contributed by atoms with van der Waals surface area (Å²) in [6, 6.07) is 1.90. The number of nitrogens with one attached hydrogen (secondary N) is 2. The summed E-state index contributed by atoms with van der Waals surface area (Å²) < 4.78 is 0. The van der Waals surface area contributed by atoms with Crippen molar-refractivity contribution in [2.24, 2.45) is 29.6 Å². The minimum absolute atomic E-state index is 0.905. The highest BCUT2D eigenvalue weighted by atomic mass is 15.2. The molecule has 0 aromatic heterocycles. The molecule has 3 saturated carbocycles. The van der Waals surface area contributed by atoms with Gasteiger partial charge in [0.1, 0.15) is 0 Å². The number of hydrogen-bond acceptors (Lipinski definition) is 3. The third-order valence-electron chi connectivity index (χ3n) is 10.3. The second-order valence-electron chi connectivity index (χ2n) is 12.1. The molecule has 0 spiro atoms. The molecule has 7 fully saturated rings. The summed E-state index contributed by atoms with van der Waals surface area (Å²) in [6.07, 6.45) is 23.9. The van der Waals surface area contributed by atoms with E-state index in [1.165, 1.54) is 123 Å². The van der Waals surface area contributed by atoms with Gasteiger partial charge in [0.15, 0.2) is 0 Å². The fourth-order valence-corrected chi connectivity index (χ4v) is 8.75. The quantitative estimate of drug-likeness (QED) is 0.525. The van der Waals surface area contributed by atoms with Crippen LogP contribution in [0.3, 0.4) is 0 Å². The van der Waals surface area contributed by atoms with Gasteiger partial charge in [0, 0.05) is 12.1 Å². The van der Waals surface area contributed by atoms with Crippen molar-refractivity contribution in [2.75, 3.05) is 32.7 Å². The normalized spacial score (nSPS) is 43.9. The Bertz CT molecular complexity index is 480. The first-order chi connectivity index (χ1) is 15.4. The first kappa shape index (κ1) is 22.7. The molecule has 7 unspecified atom stereocenters. The lowest BCUT2D eigenvalue weighted by Gasteiger charge is -2.41. The average molecular weight is 430 g/mol. The van der Waals surface area contributed by atoms with E-state index in [4.69, 9.17) is 0 Å². The van der Waals surface area contributed by atoms with Gasteiger partial charge in [-0.2, -0.15) is 0 Å². The Morgan fingerprint density at radius 2 is 1.19 bits per heavy atom. The molecule has 0 radical (unpaired) electrons. The van der Waals surface area contributed by atoms with E-state index in [1.807, 2.05) is 0 Å². The third-order valence-corrected chi connectivity index (χ3v) is 10.3. The summed E-state index contributed by atoms with van der Waals surface area (Å²) in [6.45, 7) is 6.73. The molecular formula is C28H51N3. The van der Waals surface area contributed by atoms with Gasteiger partial charge in [0.25, 0.3) is 0 Å². The molecule has 0 amide bonds. The van der Waals surface area contributed by atoms with Crippen LogP contribution in [0.5, 0.6) is 0 Å². The summed E-state index contributed by atoms with van der Waals surface area (Å²) in [5.41, 5.74) is 0. The fraction of sp³-hybridized carbons (Fsp3) is 1.00. The van der Waals surface area contributed by atoms with Gasteiger partial charge in [-0.1, -0.05) is 32.1 Å². The lowest BCUT2D eigenvalue weighted by atomic mass is 9.69. The number of fused-ring (bicyclic) bond motifs is 2. The van der Waals surface area contributed by atoms with Gasteiger partial charge in [-0.25, -0.2) is 0 Å². The standard InChI is InChI=1S/C11H19N.C9H17N.C8H15N/c1-2-8-4-5-10-7-12-6-9(3-1)11(8)10;1-2-6-9-8(4-1)5-3-7-10-9;1-2-6-9-7-3-5-8(9)4-1/h8-12H,1-7H2;8-10H,1-7H2;8H,1-7H2. The molecule has 3 aliphatic carbocycles. The van der Waals surface area contributed by atoms with Crippen molar-refractivity contribution in [2.45, 2.75) is 115 Å². The van der Waals surface area contributed by atoms with Crippen molar-refractivity contribution in [1.82, 2.24) is 15.5 Å². The average Bonchev–Trinajstić information content (AvgIpc) is 3.49. The van der Waals surface area contributed by atoms with Crippen molar-refractivity contribution in [1.29, 1.82) is 0 Å². The second-order valence-corrected chi connectivity index (χ2v) is 12.1. The van der Waals surface area contributed by atoms with Crippen molar-refractivity contribution in [3.05, 3.63) is 0 Å². The summed E-state index contributed by atoms with van der Waals surface area (Å²) in [5.74, 6) is 5.44. The second kappa shape index (κ2) is 11.3. The Hall–Kier alpha value is -0.120. The Morgan fingerprint density at radius 1 is 0.516 bits per heavy atom. The maximum atomic E-state index is 3.62. The van der Waals surface area contributed by atoms with E-state index >= 15 is 0 Å². The topological polar surface area (TPSA) is 27.3 Å². The molecule has 2 N–H and O–H groups in total. The van der Waals surface area contributed by atoms with E-state index < -0.39 is 0 Å². The first-order valence-corrected chi connectivity index (χ1v) is 14.6.